The van der Waals surface area contributed by atoms with Crippen molar-refractivity contribution < 1.29 is 9.59 Å². The molecule has 1 aliphatic carbocycles. The van der Waals surface area contributed by atoms with Crippen molar-refractivity contribution in [1.29, 1.82) is 0 Å². The summed E-state index contributed by atoms with van der Waals surface area (Å²) in [5, 5.41) is 3.11. The molecular formula is C21H29N3O2. The van der Waals surface area contributed by atoms with E-state index in [-0.39, 0.29) is 11.4 Å². The Kier molecular flexibility index (Phi) is 5.35. The van der Waals surface area contributed by atoms with Crippen molar-refractivity contribution in [2.75, 3.05) is 13.1 Å². The van der Waals surface area contributed by atoms with Gasteiger partial charge in [-0.1, -0.05) is 37.6 Å². The van der Waals surface area contributed by atoms with Crippen LogP contribution in [0.2, 0.25) is 0 Å². The lowest BCUT2D eigenvalue weighted by molar-refractivity contribution is 0.0998. The predicted octanol–water partition coefficient (Wildman–Crippen LogP) is 3.38. The number of nitrogens with zero attached hydrogens (tertiary/aromatic N) is 1. The molecule has 1 aromatic rings. The molecule has 1 aromatic carbocycles. The lowest BCUT2D eigenvalue weighted by atomic mass is 9.78. The lowest BCUT2D eigenvalue weighted by Gasteiger charge is -2.34. The highest BCUT2D eigenvalue weighted by atomic mass is 16.2. The van der Waals surface area contributed by atoms with E-state index in [0.29, 0.717) is 31.6 Å². The summed E-state index contributed by atoms with van der Waals surface area (Å²) < 4.78 is 0. The predicted molar refractivity (Wildman–Crippen MR) is 103 cm³/mol. The molecule has 0 unspecified atom stereocenters. The molecule has 2 aliphatic rings. The molecule has 1 heterocycles. The minimum atomic E-state index is -0.401. The fourth-order valence-corrected chi connectivity index (χ4v) is 3.99. The SMILES string of the molecule is CC(C)(CNC(=O)N1CCc2c(cccc2C(N)=O)C1)C1=CCCCC1. The van der Waals surface area contributed by atoms with Gasteiger partial charge >= 0.3 is 6.03 Å². The number of primary amides is 1. The second-order valence-electron chi connectivity index (χ2n) is 8.00. The molecule has 0 radical (unpaired) electrons. The van der Waals surface area contributed by atoms with Crippen LogP contribution in [0.15, 0.2) is 29.8 Å². The summed E-state index contributed by atoms with van der Waals surface area (Å²) in [6.45, 7) is 6.17. The zero-order chi connectivity index (χ0) is 18.7. The van der Waals surface area contributed by atoms with Crippen molar-refractivity contribution in [2.24, 2.45) is 11.1 Å². The second-order valence-corrected chi connectivity index (χ2v) is 8.00. The molecule has 0 saturated heterocycles. The van der Waals surface area contributed by atoms with E-state index in [1.165, 1.54) is 18.4 Å². The molecule has 5 nitrogen and oxygen atoms in total. The number of rotatable bonds is 4. The van der Waals surface area contributed by atoms with Crippen molar-refractivity contribution >= 4 is 11.9 Å². The van der Waals surface area contributed by atoms with E-state index < -0.39 is 5.91 Å². The van der Waals surface area contributed by atoms with Crippen LogP contribution in [-0.2, 0) is 13.0 Å². The maximum absolute atomic E-state index is 12.7. The Morgan fingerprint density at radius 2 is 2.04 bits per heavy atom. The van der Waals surface area contributed by atoms with Gasteiger partial charge in [-0.3, -0.25) is 4.79 Å². The van der Waals surface area contributed by atoms with Gasteiger partial charge in [-0.2, -0.15) is 0 Å². The molecule has 26 heavy (non-hydrogen) atoms. The monoisotopic (exact) mass is 355 g/mol. The van der Waals surface area contributed by atoms with Crippen LogP contribution in [0.3, 0.4) is 0 Å². The summed E-state index contributed by atoms with van der Waals surface area (Å²) in [4.78, 5) is 26.1. The zero-order valence-electron chi connectivity index (χ0n) is 15.8. The highest BCUT2D eigenvalue weighted by Gasteiger charge is 2.27. The number of urea groups is 1. The molecule has 0 bridgehead atoms. The van der Waals surface area contributed by atoms with Gasteiger partial charge in [0.2, 0.25) is 5.91 Å². The molecule has 0 saturated carbocycles. The van der Waals surface area contributed by atoms with Crippen molar-refractivity contribution in [3.63, 3.8) is 0 Å². The number of hydrogen-bond acceptors (Lipinski definition) is 2. The minimum absolute atomic E-state index is 0.0110. The van der Waals surface area contributed by atoms with Crippen LogP contribution in [-0.4, -0.2) is 29.9 Å². The summed E-state index contributed by atoms with van der Waals surface area (Å²) in [6, 6.07) is 5.53. The van der Waals surface area contributed by atoms with Crippen molar-refractivity contribution in [1.82, 2.24) is 10.2 Å². The van der Waals surface area contributed by atoms with E-state index >= 15 is 0 Å². The first-order valence-electron chi connectivity index (χ1n) is 9.51. The van der Waals surface area contributed by atoms with Gasteiger partial charge in [0.1, 0.15) is 0 Å². The summed E-state index contributed by atoms with van der Waals surface area (Å²) in [5.41, 5.74) is 9.48. The zero-order valence-corrected chi connectivity index (χ0v) is 15.8. The third-order valence-corrected chi connectivity index (χ3v) is 5.66. The van der Waals surface area contributed by atoms with Crippen LogP contribution in [0.5, 0.6) is 0 Å². The van der Waals surface area contributed by atoms with Gasteiger partial charge in [0.25, 0.3) is 0 Å². The van der Waals surface area contributed by atoms with Gasteiger partial charge in [-0.15, -0.1) is 0 Å². The number of allylic oxidation sites excluding steroid dienone is 1. The van der Waals surface area contributed by atoms with Gasteiger partial charge in [-0.05, 0) is 49.3 Å². The molecule has 0 aromatic heterocycles. The number of carbonyl (C=O) groups excluding carboxylic acids is 2. The van der Waals surface area contributed by atoms with E-state index in [1.54, 1.807) is 6.07 Å². The summed E-state index contributed by atoms with van der Waals surface area (Å²) in [7, 11) is 0. The van der Waals surface area contributed by atoms with Crippen LogP contribution in [0.4, 0.5) is 4.79 Å². The number of hydrogen-bond donors (Lipinski definition) is 2. The maximum Gasteiger partial charge on any atom is 0.317 e. The van der Waals surface area contributed by atoms with Gasteiger partial charge in [-0.25, -0.2) is 4.79 Å². The molecule has 0 atom stereocenters. The first kappa shape index (κ1) is 18.5. The van der Waals surface area contributed by atoms with Crippen LogP contribution >= 0.6 is 0 Å². The van der Waals surface area contributed by atoms with Crippen LogP contribution in [0, 0.1) is 5.41 Å². The molecule has 140 valence electrons. The molecule has 5 heteroatoms. The Morgan fingerprint density at radius 3 is 2.73 bits per heavy atom. The molecular weight excluding hydrogens is 326 g/mol. The molecule has 3 rings (SSSR count). The van der Waals surface area contributed by atoms with Crippen LogP contribution < -0.4 is 11.1 Å². The summed E-state index contributed by atoms with van der Waals surface area (Å²) >= 11 is 0. The third-order valence-electron chi connectivity index (χ3n) is 5.66. The highest BCUT2D eigenvalue weighted by Crippen LogP contribution is 2.33. The van der Waals surface area contributed by atoms with E-state index in [4.69, 9.17) is 5.73 Å². The smallest absolute Gasteiger partial charge is 0.317 e. The summed E-state index contributed by atoms with van der Waals surface area (Å²) in [5.74, 6) is -0.401. The standard InChI is InChI=1S/C21H29N3O2/c1-21(2,16-8-4-3-5-9-16)14-23-20(26)24-12-11-17-15(13-24)7-6-10-18(17)19(22)25/h6-8,10H,3-5,9,11-14H2,1-2H3,(H2,22,25)(H,23,26). The van der Waals surface area contributed by atoms with Crippen molar-refractivity contribution in [3.05, 3.63) is 46.5 Å². The Hall–Kier alpha value is -2.30. The topological polar surface area (TPSA) is 75.4 Å². The maximum atomic E-state index is 12.7. The first-order valence-corrected chi connectivity index (χ1v) is 9.51. The number of amides is 3. The molecule has 3 N–H and O–H groups in total. The first-order chi connectivity index (χ1) is 12.4. The number of nitrogens with one attached hydrogen (secondary N) is 1. The number of benzene rings is 1. The van der Waals surface area contributed by atoms with Crippen molar-refractivity contribution in [2.45, 2.75) is 52.5 Å². The Bertz CT molecular complexity index is 737. The fraction of sp³-hybridized carbons (Fsp3) is 0.524. The molecule has 3 amide bonds. The number of fused-ring (bicyclic) bond motifs is 1. The van der Waals surface area contributed by atoms with Gasteiger partial charge in [0.05, 0.1) is 0 Å². The Morgan fingerprint density at radius 1 is 1.23 bits per heavy atom. The van der Waals surface area contributed by atoms with Gasteiger partial charge in [0.15, 0.2) is 0 Å². The van der Waals surface area contributed by atoms with E-state index in [9.17, 15) is 9.59 Å². The van der Waals surface area contributed by atoms with E-state index in [2.05, 4.69) is 25.2 Å². The lowest BCUT2D eigenvalue weighted by Crippen LogP contribution is -2.46. The van der Waals surface area contributed by atoms with E-state index in [1.807, 2.05) is 17.0 Å². The number of nitrogens with two attached hydrogens (primary N) is 1. The van der Waals surface area contributed by atoms with Crippen molar-refractivity contribution in [3.8, 4) is 0 Å². The molecule has 1 aliphatic heterocycles. The van der Waals surface area contributed by atoms with Crippen LogP contribution in [0.25, 0.3) is 0 Å². The highest BCUT2D eigenvalue weighted by molar-refractivity contribution is 5.94. The third kappa shape index (κ3) is 3.92. The average molecular weight is 355 g/mol. The van der Waals surface area contributed by atoms with E-state index in [0.717, 1.165) is 24.0 Å². The molecule has 0 spiro atoms. The number of carbonyl (C=O) groups is 2. The minimum Gasteiger partial charge on any atom is -0.366 e. The second kappa shape index (κ2) is 7.52. The normalized spacial score (nSPS) is 17.3. The van der Waals surface area contributed by atoms with Crippen LogP contribution in [0.1, 0.15) is 61.0 Å². The Balaban J connectivity index is 1.62. The van der Waals surface area contributed by atoms with Gasteiger partial charge in [0, 0.05) is 30.6 Å². The van der Waals surface area contributed by atoms with Gasteiger partial charge < -0.3 is 16.0 Å². The molecule has 0 fully saturated rings. The quantitative estimate of drug-likeness (QED) is 0.813. The average Bonchev–Trinajstić information content (AvgIpc) is 2.65. The largest absolute Gasteiger partial charge is 0.366 e. The fourth-order valence-electron chi connectivity index (χ4n) is 3.99. The Labute approximate surface area is 155 Å². The summed E-state index contributed by atoms with van der Waals surface area (Å²) in [6.07, 6.45) is 7.81.